The van der Waals surface area contributed by atoms with Crippen LogP contribution in [0.3, 0.4) is 0 Å². The van der Waals surface area contributed by atoms with Crippen molar-refractivity contribution < 1.29 is 4.52 Å². The van der Waals surface area contributed by atoms with Crippen LogP contribution in [0.4, 0.5) is 0 Å². The van der Waals surface area contributed by atoms with E-state index in [0.29, 0.717) is 17.5 Å². The summed E-state index contributed by atoms with van der Waals surface area (Å²) in [5.74, 6) is 1.71. The lowest BCUT2D eigenvalue weighted by Gasteiger charge is -2.04. The molecule has 2 aromatic carbocycles. The molecule has 0 atom stereocenters. The number of aromatic nitrogens is 5. The van der Waals surface area contributed by atoms with Crippen LogP contribution >= 0.6 is 11.8 Å². The molecular weight excluding hydrogens is 322 g/mol. The zero-order valence-corrected chi connectivity index (χ0v) is 13.4. The van der Waals surface area contributed by atoms with Gasteiger partial charge in [-0.2, -0.15) is 4.98 Å². The van der Waals surface area contributed by atoms with Gasteiger partial charge in [0.1, 0.15) is 6.33 Å². The minimum absolute atomic E-state index is 0.524. The van der Waals surface area contributed by atoms with E-state index in [1.54, 1.807) is 6.33 Å². The predicted molar refractivity (Wildman–Crippen MR) is 90.7 cm³/mol. The quantitative estimate of drug-likeness (QED) is 0.519. The normalized spacial score (nSPS) is 10.8. The molecular formula is C17H13N5OS. The minimum atomic E-state index is 0.524. The van der Waals surface area contributed by atoms with Gasteiger partial charge in [-0.1, -0.05) is 53.3 Å². The van der Waals surface area contributed by atoms with Crippen LogP contribution in [0.5, 0.6) is 0 Å². The van der Waals surface area contributed by atoms with Crippen LogP contribution in [0.2, 0.25) is 0 Å². The Labute approximate surface area is 142 Å². The van der Waals surface area contributed by atoms with E-state index < -0.39 is 0 Å². The Bertz CT molecular complexity index is 920. The van der Waals surface area contributed by atoms with Crippen LogP contribution in [-0.4, -0.2) is 24.9 Å². The largest absolute Gasteiger partial charge is 0.334 e. The topological polar surface area (TPSA) is 69.6 Å². The van der Waals surface area contributed by atoms with Crippen LogP contribution in [-0.2, 0) is 5.75 Å². The van der Waals surface area contributed by atoms with Gasteiger partial charge in [0.25, 0.3) is 5.89 Å². The first-order valence-electron chi connectivity index (χ1n) is 7.36. The fraction of sp³-hybridized carbons (Fsp3) is 0.0588. The molecule has 4 aromatic rings. The molecule has 6 nitrogen and oxygen atoms in total. The smallest absolute Gasteiger partial charge is 0.257 e. The molecule has 0 radical (unpaired) electrons. The summed E-state index contributed by atoms with van der Waals surface area (Å²) in [4.78, 5) is 4.43. The van der Waals surface area contributed by atoms with Gasteiger partial charge < -0.3 is 4.52 Å². The summed E-state index contributed by atoms with van der Waals surface area (Å²) in [5, 5.41) is 13.0. The lowest BCUT2D eigenvalue weighted by Crippen LogP contribution is -1.95. The summed E-state index contributed by atoms with van der Waals surface area (Å²) in [5.41, 5.74) is 1.93. The maximum atomic E-state index is 5.32. The van der Waals surface area contributed by atoms with E-state index in [1.165, 1.54) is 11.8 Å². The Hall–Kier alpha value is -2.93. The van der Waals surface area contributed by atoms with E-state index in [1.807, 2.05) is 65.2 Å². The summed E-state index contributed by atoms with van der Waals surface area (Å²) in [6.07, 6.45) is 1.70. The molecule has 24 heavy (non-hydrogen) atoms. The standard InChI is InChI=1S/C17H13N5OS/c1-3-7-13(8-4-1)16-19-15(21-23-16)11-24-17-20-18-12-22(17)14-9-5-2-6-10-14/h1-10,12H,11H2. The SMILES string of the molecule is c1ccc(-c2nc(CSc3nncn3-c3ccccc3)no2)cc1. The van der Waals surface area contributed by atoms with Crippen molar-refractivity contribution in [3.63, 3.8) is 0 Å². The maximum absolute atomic E-state index is 5.32. The van der Waals surface area contributed by atoms with Crippen molar-refractivity contribution in [2.75, 3.05) is 0 Å². The number of thioether (sulfide) groups is 1. The molecule has 0 spiro atoms. The van der Waals surface area contributed by atoms with Gasteiger partial charge >= 0.3 is 0 Å². The highest BCUT2D eigenvalue weighted by atomic mass is 32.2. The lowest BCUT2D eigenvalue weighted by molar-refractivity contribution is 0.425. The third kappa shape index (κ3) is 3.07. The highest BCUT2D eigenvalue weighted by molar-refractivity contribution is 7.98. The van der Waals surface area contributed by atoms with Gasteiger partial charge in [0.05, 0.1) is 5.75 Å². The summed E-state index contributed by atoms with van der Waals surface area (Å²) >= 11 is 1.51. The highest BCUT2D eigenvalue weighted by Crippen LogP contribution is 2.23. The van der Waals surface area contributed by atoms with E-state index in [2.05, 4.69) is 20.3 Å². The van der Waals surface area contributed by atoms with Gasteiger partial charge in [0, 0.05) is 11.3 Å². The minimum Gasteiger partial charge on any atom is -0.334 e. The van der Waals surface area contributed by atoms with Crippen LogP contribution in [0.25, 0.3) is 17.1 Å². The second-order valence-electron chi connectivity index (χ2n) is 4.99. The Morgan fingerprint density at radius 1 is 0.958 bits per heavy atom. The Balaban J connectivity index is 1.49. The van der Waals surface area contributed by atoms with Gasteiger partial charge in [0.15, 0.2) is 11.0 Å². The van der Waals surface area contributed by atoms with Crippen molar-refractivity contribution in [1.82, 2.24) is 24.9 Å². The molecule has 2 heterocycles. The van der Waals surface area contributed by atoms with Crippen molar-refractivity contribution in [2.24, 2.45) is 0 Å². The Kier molecular flexibility index (Phi) is 4.07. The monoisotopic (exact) mass is 335 g/mol. The van der Waals surface area contributed by atoms with E-state index in [9.17, 15) is 0 Å². The molecule has 2 aromatic heterocycles. The predicted octanol–water partition coefficient (Wildman–Crippen LogP) is 3.61. The number of para-hydroxylation sites is 1. The fourth-order valence-electron chi connectivity index (χ4n) is 2.23. The van der Waals surface area contributed by atoms with Crippen LogP contribution in [0, 0.1) is 0 Å². The first-order valence-corrected chi connectivity index (χ1v) is 8.35. The summed E-state index contributed by atoms with van der Waals surface area (Å²) in [6.45, 7) is 0. The molecule has 0 saturated carbocycles. The van der Waals surface area contributed by atoms with Crippen molar-refractivity contribution in [1.29, 1.82) is 0 Å². The summed E-state index contributed by atoms with van der Waals surface area (Å²) in [7, 11) is 0. The second-order valence-corrected chi connectivity index (χ2v) is 5.93. The van der Waals surface area contributed by atoms with Gasteiger partial charge in [0.2, 0.25) is 0 Å². The van der Waals surface area contributed by atoms with Crippen molar-refractivity contribution in [2.45, 2.75) is 10.9 Å². The number of rotatable bonds is 5. The third-order valence-electron chi connectivity index (χ3n) is 3.37. The number of hydrogen-bond acceptors (Lipinski definition) is 6. The van der Waals surface area contributed by atoms with Crippen LogP contribution in [0.15, 0.2) is 76.7 Å². The van der Waals surface area contributed by atoms with Gasteiger partial charge in [-0.3, -0.25) is 4.57 Å². The molecule has 0 aliphatic carbocycles. The van der Waals surface area contributed by atoms with Crippen molar-refractivity contribution >= 4 is 11.8 Å². The molecule has 0 saturated heterocycles. The first kappa shape index (κ1) is 14.6. The molecule has 7 heteroatoms. The van der Waals surface area contributed by atoms with Gasteiger partial charge in [-0.25, -0.2) is 0 Å². The lowest BCUT2D eigenvalue weighted by atomic mass is 10.2. The molecule has 4 rings (SSSR count). The number of benzene rings is 2. The average molecular weight is 335 g/mol. The molecule has 0 bridgehead atoms. The van der Waals surface area contributed by atoms with Gasteiger partial charge in [-0.15, -0.1) is 10.2 Å². The molecule has 118 valence electrons. The van der Waals surface area contributed by atoms with E-state index in [-0.39, 0.29) is 0 Å². The first-order chi connectivity index (χ1) is 11.9. The number of nitrogens with zero attached hydrogens (tertiary/aromatic N) is 5. The summed E-state index contributed by atoms with van der Waals surface area (Å²) in [6, 6.07) is 19.7. The molecule has 0 N–H and O–H groups in total. The molecule has 0 aliphatic rings. The molecule has 0 aliphatic heterocycles. The fourth-order valence-corrected chi connectivity index (χ4v) is 3.00. The maximum Gasteiger partial charge on any atom is 0.257 e. The zero-order chi connectivity index (χ0) is 16.2. The number of hydrogen-bond donors (Lipinski definition) is 0. The summed E-state index contributed by atoms with van der Waals surface area (Å²) < 4.78 is 7.25. The average Bonchev–Trinajstić information content (AvgIpc) is 3.31. The van der Waals surface area contributed by atoms with E-state index in [0.717, 1.165) is 16.4 Å². The second kappa shape index (κ2) is 6.67. The van der Waals surface area contributed by atoms with Crippen LogP contribution < -0.4 is 0 Å². The molecule has 0 unspecified atom stereocenters. The van der Waals surface area contributed by atoms with E-state index >= 15 is 0 Å². The Morgan fingerprint density at radius 3 is 2.50 bits per heavy atom. The Morgan fingerprint density at radius 2 is 1.71 bits per heavy atom. The van der Waals surface area contributed by atoms with E-state index in [4.69, 9.17) is 4.52 Å². The molecule has 0 amide bonds. The molecule has 0 fully saturated rings. The third-order valence-corrected chi connectivity index (χ3v) is 4.31. The van der Waals surface area contributed by atoms with Crippen molar-refractivity contribution in [3.8, 4) is 17.1 Å². The van der Waals surface area contributed by atoms with Gasteiger partial charge in [-0.05, 0) is 24.3 Å². The highest BCUT2D eigenvalue weighted by Gasteiger charge is 2.12. The zero-order valence-electron chi connectivity index (χ0n) is 12.6. The van der Waals surface area contributed by atoms with Crippen molar-refractivity contribution in [3.05, 3.63) is 72.8 Å². The van der Waals surface area contributed by atoms with Crippen LogP contribution in [0.1, 0.15) is 5.82 Å².